The number of anilines is 1. The number of carbonyl (C=O) groups excluding carboxylic acids is 1. The molecule has 1 amide bonds. The first-order chi connectivity index (χ1) is 7.74. The van der Waals surface area contributed by atoms with Crippen LogP contribution in [0.1, 0.15) is 6.42 Å². The minimum atomic E-state index is -0.186. The zero-order valence-electron chi connectivity index (χ0n) is 9.01. The number of hydrogen-bond acceptors (Lipinski definition) is 3. The van der Waals surface area contributed by atoms with E-state index in [4.69, 9.17) is 10.00 Å². The van der Waals surface area contributed by atoms with E-state index in [9.17, 15) is 4.79 Å². The van der Waals surface area contributed by atoms with Crippen LogP contribution < -0.4 is 9.64 Å². The zero-order valence-corrected chi connectivity index (χ0v) is 9.01. The summed E-state index contributed by atoms with van der Waals surface area (Å²) in [7, 11) is 1.60. The number of methoxy groups -OCH3 is 1. The highest BCUT2D eigenvalue weighted by Crippen LogP contribution is 2.26. The van der Waals surface area contributed by atoms with Crippen molar-refractivity contribution >= 4 is 11.6 Å². The smallest absolute Gasteiger partial charge is 0.228 e. The topological polar surface area (TPSA) is 53.3 Å². The monoisotopic (exact) mass is 216 g/mol. The number of benzene rings is 1. The molecule has 0 N–H and O–H groups in total. The van der Waals surface area contributed by atoms with Crippen molar-refractivity contribution in [2.24, 2.45) is 5.92 Å². The molecule has 0 aromatic heterocycles. The molecule has 1 heterocycles. The third-order valence-corrected chi connectivity index (χ3v) is 2.69. The van der Waals surface area contributed by atoms with Crippen LogP contribution in [0.3, 0.4) is 0 Å². The second-order valence-corrected chi connectivity index (χ2v) is 3.73. The van der Waals surface area contributed by atoms with Crippen LogP contribution in [0.2, 0.25) is 0 Å². The van der Waals surface area contributed by atoms with Crippen molar-refractivity contribution in [3.05, 3.63) is 24.3 Å². The molecule has 1 aliphatic rings. The fourth-order valence-electron chi connectivity index (χ4n) is 1.81. The summed E-state index contributed by atoms with van der Waals surface area (Å²) in [5, 5.41) is 8.78. The first-order valence-electron chi connectivity index (χ1n) is 5.08. The Morgan fingerprint density at radius 2 is 2.12 bits per heavy atom. The highest BCUT2D eigenvalue weighted by Gasteiger charge is 2.30. The highest BCUT2D eigenvalue weighted by molar-refractivity contribution is 5.96. The summed E-state index contributed by atoms with van der Waals surface area (Å²) in [4.78, 5) is 13.3. The maximum Gasteiger partial charge on any atom is 0.228 e. The van der Waals surface area contributed by atoms with Gasteiger partial charge in [-0.2, -0.15) is 5.26 Å². The van der Waals surface area contributed by atoms with Gasteiger partial charge in [0.2, 0.25) is 5.91 Å². The molecule has 2 rings (SSSR count). The van der Waals surface area contributed by atoms with Crippen LogP contribution in [0.5, 0.6) is 5.75 Å². The van der Waals surface area contributed by atoms with Gasteiger partial charge in [-0.3, -0.25) is 4.79 Å². The molecule has 1 fully saturated rings. The lowest BCUT2D eigenvalue weighted by molar-refractivity contribution is -0.117. The maximum absolute atomic E-state index is 11.6. The molecule has 0 radical (unpaired) electrons. The van der Waals surface area contributed by atoms with Crippen molar-refractivity contribution in [3.8, 4) is 11.8 Å². The predicted octanol–water partition coefficient (Wildman–Crippen LogP) is 1.57. The normalized spacial score (nSPS) is 19.6. The van der Waals surface area contributed by atoms with Crippen LogP contribution in [-0.2, 0) is 4.79 Å². The average Bonchev–Trinajstić information content (AvgIpc) is 2.71. The summed E-state index contributed by atoms with van der Waals surface area (Å²) >= 11 is 0. The average molecular weight is 216 g/mol. The second kappa shape index (κ2) is 4.23. The number of nitriles is 1. The second-order valence-electron chi connectivity index (χ2n) is 3.73. The van der Waals surface area contributed by atoms with E-state index in [1.54, 1.807) is 12.0 Å². The van der Waals surface area contributed by atoms with Gasteiger partial charge in [0, 0.05) is 18.7 Å². The van der Waals surface area contributed by atoms with E-state index in [1.165, 1.54) is 0 Å². The molecule has 1 atom stereocenters. The minimum absolute atomic E-state index is 0.0108. The fraction of sp³-hybridized carbons (Fsp3) is 0.333. The molecule has 1 aromatic carbocycles. The summed E-state index contributed by atoms with van der Waals surface area (Å²) in [6.45, 7) is 0.488. The van der Waals surface area contributed by atoms with Gasteiger partial charge < -0.3 is 9.64 Å². The lowest BCUT2D eigenvalue weighted by Gasteiger charge is -2.15. The Morgan fingerprint density at radius 1 is 1.44 bits per heavy atom. The summed E-state index contributed by atoms with van der Waals surface area (Å²) in [6.07, 6.45) is 0.322. The van der Waals surface area contributed by atoms with Crippen molar-refractivity contribution in [2.45, 2.75) is 6.42 Å². The first-order valence-corrected chi connectivity index (χ1v) is 5.08. The van der Waals surface area contributed by atoms with Gasteiger partial charge in [-0.25, -0.2) is 0 Å². The van der Waals surface area contributed by atoms with E-state index in [1.807, 2.05) is 24.3 Å². The molecule has 1 aromatic rings. The summed E-state index contributed by atoms with van der Waals surface area (Å²) in [5.41, 5.74) is 0.823. The Kier molecular flexibility index (Phi) is 2.78. The Hall–Kier alpha value is -2.02. The quantitative estimate of drug-likeness (QED) is 0.754. The Labute approximate surface area is 94.0 Å². The van der Waals surface area contributed by atoms with Gasteiger partial charge in [-0.1, -0.05) is 0 Å². The molecule has 0 aliphatic carbocycles. The van der Waals surface area contributed by atoms with Crippen LogP contribution in [0, 0.1) is 17.2 Å². The molecule has 1 saturated heterocycles. The number of carbonyl (C=O) groups is 1. The van der Waals surface area contributed by atoms with Gasteiger partial charge in [0.15, 0.2) is 0 Å². The summed E-state index contributed by atoms with van der Waals surface area (Å²) < 4.78 is 5.05. The van der Waals surface area contributed by atoms with Crippen LogP contribution >= 0.6 is 0 Å². The van der Waals surface area contributed by atoms with E-state index >= 15 is 0 Å². The van der Waals surface area contributed by atoms with Gasteiger partial charge in [0.25, 0.3) is 0 Å². The van der Waals surface area contributed by atoms with Crippen molar-refractivity contribution in [1.82, 2.24) is 0 Å². The van der Waals surface area contributed by atoms with E-state index in [0.29, 0.717) is 13.0 Å². The van der Waals surface area contributed by atoms with Gasteiger partial charge >= 0.3 is 0 Å². The molecule has 0 saturated carbocycles. The molecule has 1 aliphatic heterocycles. The molecule has 0 bridgehead atoms. The maximum atomic E-state index is 11.6. The zero-order chi connectivity index (χ0) is 11.5. The van der Waals surface area contributed by atoms with Gasteiger partial charge in [-0.05, 0) is 24.3 Å². The third kappa shape index (κ3) is 1.84. The lowest BCUT2D eigenvalue weighted by Crippen LogP contribution is -2.24. The minimum Gasteiger partial charge on any atom is -0.497 e. The predicted molar refractivity (Wildman–Crippen MR) is 59.1 cm³/mol. The fourth-order valence-corrected chi connectivity index (χ4v) is 1.81. The van der Waals surface area contributed by atoms with Gasteiger partial charge in [0.05, 0.1) is 19.1 Å². The summed E-state index contributed by atoms with van der Waals surface area (Å²) in [5.74, 6) is 0.582. The Morgan fingerprint density at radius 3 is 2.62 bits per heavy atom. The highest BCUT2D eigenvalue weighted by atomic mass is 16.5. The van der Waals surface area contributed by atoms with Crippen LogP contribution in [-0.4, -0.2) is 19.6 Å². The SMILES string of the molecule is COc1ccc(N2C[C@H](C#N)CC2=O)cc1. The van der Waals surface area contributed by atoms with Gasteiger partial charge in [-0.15, -0.1) is 0 Å². The molecule has 4 nitrogen and oxygen atoms in total. The van der Waals surface area contributed by atoms with Crippen LogP contribution in [0.25, 0.3) is 0 Å². The summed E-state index contributed by atoms with van der Waals surface area (Å²) in [6, 6.07) is 9.40. The van der Waals surface area contributed by atoms with E-state index in [2.05, 4.69) is 6.07 Å². The standard InChI is InChI=1S/C12H12N2O2/c1-16-11-4-2-10(3-5-11)14-8-9(7-13)6-12(14)15/h2-5,9H,6,8H2,1H3/t9-/m0/s1. The lowest BCUT2D eigenvalue weighted by atomic mass is 10.1. The Bertz CT molecular complexity index is 433. The number of rotatable bonds is 2. The third-order valence-electron chi connectivity index (χ3n) is 2.69. The number of ether oxygens (including phenoxy) is 1. The van der Waals surface area contributed by atoms with E-state index in [0.717, 1.165) is 11.4 Å². The van der Waals surface area contributed by atoms with E-state index in [-0.39, 0.29) is 11.8 Å². The molecular formula is C12H12N2O2. The van der Waals surface area contributed by atoms with Crippen LogP contribution in [0.15, 0.2) is 24.3 Å². The van der Waals surface area contributed by atoms with Crippen LogP contribution in [0.4, 0.5) is 5.69 Å². The molecular weight excluding hydrogens is 204 g/mol. The molecule has 16 heavy (non-hydrogen) atoms. The largest absolute Gasteiger partial charge is 0.497 e. The molecule has 0 spiro atoms. The first kappa shape index (κ1) is 10.5. The number of amides is 1. The van der Waals surface area contributed by atoms with E-state index < -0.39 is 0 Å². The number of hydrogen-bond donors (Lipinski definition) is 0. The molecule has 4 heteroatoms. The van der Waals surface area contributed by atoms with Crippen molar-refractivity contribution < 1.29 is 9.53 Å². The number of nitrogens with zero attached hydrogens (tertiary/aromatic N) is 2. The van der Waals surface area contributed by atoms with Gasteiger partial charge in [0.1, 0.15) is 5.75 Å². The molecule has 0 unspecified atom stereocenters. The van der Waals surface area contributed by atoms with Crippen molar-refractivity contribution in [2.75, 3.05) is 18.6 Å². The Balaban J connectivity index is 2.18. The van der Waals surface area contributed by atoms with Crippen molar-refractivity contribution in [3.63, 3.8) is 0 Å². The molecule has 82 valence electrons. The van der Waals surface area contributed by atoms with Crippen molar-refractivity contribution in [1.29, 1.82) is 5.26 Å².